The molecule has 1 N–H and O–H groups in total. The van der Waals surface area contributed by atoms with Gasteiger partial charge in [-0.05, 0) is 13.5 Å². The Morgan fingerprint density at radius 3 is 3.07 bits per heavy atom. The first-order valence-electron chi connectivity index (χ1n) is 5.13. The first-order valence-corrected chi connectivity index (χ1v) is 5.13. The van der Waals surface area contributed by atoms with Crippen LogP contribution >= 0.6 is 0 Å². The van der Waals surface area contributed by atoms with Crippen molar-refractivity contribution in [3.05, 3.63) is 18.2 Å². The third-order valence-corrected chi connectivity index (χ3v) is 1.86. The van der Waals surface area contributed by atoms with Crippen molar-refractivity contribution in [2.45, 2.75) is 26.9 Å². The Bertz CT molecular complexity index is 309. The number of rotatable bonds is 6. The summed E-state index contributed by atoms with van der Waals surface area (Å²) >= 11 is 0. The molecule has 1 aromatic heterocycles. The Morgan fingerprint density at radius 1 is 1.60 bits per heavy atom. The average Bonchev–Trinajstić information content (AvgIpc) is 2.63. The van der Waals surface area contributed by atoms with Crippen LogP contribution in [0.4, 0.5) is 0 Å². The Morgan fingerprint density at radius 2 is 2.40 bits per heavy atom. The number of esters is 1. The fraction of sp³-hybridized carbons (Fsp3) is 0.600. The van der Waals surface area contributed by atoms with E-state index in [1.165, 1.54) is 0 Å². The molecule has 84 valence electrons. The lowest BCUT2D eigenvalue weighted by molar-refractivity contribution is -0.143. The summed E-state index contributed by atoms with van der Waals surface area (Å²) in [5.41, 5.74) is 0.932. The van der Waals surface area contributed by atoms with Crippen LogP contribution in [-0.4, -0.2) is 28.7 Å². The number of nitrogens with zero attached hydrogens (tertiary/aromatic N) is 2. The number of ether oxygens (including phenoxy) is 1. The van der Waals surface area contributed by atoms with Crippen molar-refractivity contribution in [3.63, 3.8) is 0 Å². The number of imidazole rings is 1. The van der Waals surface area contributed by atoms with Gasteiger partial charge in [-0.3, -0.25) is 4.79 Å². The zero-order chi connectivity index (χ0) is 11.1. The van der Waals surface area contributed by atoms with Crippen LogP contribution in [0.15, 0.2) is 12.5 Å². The zero-order valence-electron chi connectivity index (χ0n) is 9.19. The molecular weight excluding hydrogens is 194 g/mol. The van der Waals surface area contributed by atoms with E-state index in [0.29, 0.717) is 6.61 Å². The van der Waals surface area contributed by atoms with E-state index in [1.54, 1.807) is 17.8 Å². The van der Waals surface area contributed by atoms with E-state index < -0.39 is 0 Å². The highest BCUT2D eigenvalue weighted by molar-refractivity contribution is 5.69. The molecule has 0 atom stereocenters. The van der Waals surface area contributed by atoms with Gasteiger partial charge in [-0.15, -0.1) is 0 Å². The minimum Gasteiger partial charge on any atom is -0.465 e. The van der Waals surface area contributed by atoms with Crippen molar-refractivity contribution in [1.29, 1.82) is 0 Å². The Labute approximate surface area is 89.4 Å². The summed E-state index contributed by atoms with van der Waals surface area (Å²) in [6.45, 7) is 6.11. The smallest absolute Gasteiger partial charge is 0.325 e. The topological polar surface area (TPSA) is 56.2 Å². The molecule has 0 aromatic carbocycles. The highest BCUT2D eigenvalue weighted by Crippen LogP contribution is 1.96. The minimum absolute atomic E-state index is 0.229. The molecule has 0 bridgehead atoms. The van der Waals surface area contributed by atoms with Gasteiger partial charge in [0.15, 0.2) is 0 Å². The number of hydrogen-bond acceptors (Lipinski definition) is 4. The van der Waals surface area contributed by atoms with E-state index in [2.05, 4.69) is 10.3 Å². The molecule has 0 aliphatic rings. The van der Waals surface area contributed by atoms with Gasteiger partial charge in [0.2, 0.25) is 0 Å². The van der Waals surface area contributed by atoms with Crippen molar-refractivity contribution >= 4 is 5.97 Å². The van der Waals surface area contributed by atoms with Gasteiger partial charge in [0, 0.05) is 12.7 Å². The molecule has 1 heterocycles. The lowest BCUT2D eigenvalue weighted by Gasteiger charge is -2.01. The highest BCUT2D eigenvalue weighted by Gasteiger charge is 2.04. The summed E-state index contributed by atoms with van der Waals surface area (Å²) in [6, 6.07) is 0. The number of carbonyl (C=O) groups excluding carboxylic acids is 1. The second-order valence-corrected chi connectivity index (χ2v) is 3.12. The largest absolute Gasteiger partial charge is 0.465 e. The SMILES string of the molecule is CCNCc1cn(CC(=O)OCC)cn1. The molecule has 0 saturated carbocycles. The lowest BCUT2D eigenvalue weighted by atomic mass is 10.4. The second-order valence-electron chi connectivity index (χ2n) is 3.12. The third kappa shape index (κ3) is 4.12. The first-order chi connectivity index (χ1) is 7.26. The molecule has 0 amide bonds. The van der Waals surface area contributed by atoms with Crippen LogP contribution in [-0.2, 0) is 22.6 Å². The van der Waals surface area contributed by atoms with E-state index in [-0.39, 0.29) is 12.5 Å². The molecule has 0 unspecified atom stereocenters. The van der Waals surface area contributed by atoms with E-state index in [0.717, 1.165) is 18.8 Å². The molecule has 1 aromatic rings. The molecular formula is C10H17N3O2. The Kier molecular flexibility index (Phi) is 4.83. The second kappa shape index (κ2) is 6.19. The van der Waals surface area contributed by atoms with E-state index >= 15 is 0 Å². The zero-order valence-corrected chi connectivity index (χ0v) is 9.19. The molecule has 0 aliphatic carbocycles. The summed E-state index contributed by atoms with van der Waals surface area (Å²) in [5, 5.41) is 3.16. The van der Waals surface area contributed by atoms with Crippen LogP contribution in [0.25, 0.3) is 0 Å². The van der Waals surface area contributed by atoms with Gasteiger partial charge in [-0.2, -0.15) is 0 Å². The van der Waals surface area contributed by atoms with Crippen molar-refractivity contribution < 1.29 is 9.53 Å². The molecule has 5 nitrogen and oxygen atoms in total. The summed E-state index contributed by atoms with van der Waals surface area (Å²) in [6.07, 6.45) is 3.49. The average molecular weight is 211 g/mol. The van der Waals surface area contributed by atoms with E-state index in [9.17, 15) is 4.79 Å². The maximum absolute atomic E-state index is 11.1. The quantitative estimate of drug-likeness (QED) is 0.698. The van der Waals surface area contributed by atoms with Crippen molar-refractivity contribution in [2.24, 2.45) is 0 Å². The summed E-state index contributed by atoms with van der Waals surface area (Å²) < 4.78 is 6.56. The van der Waals surface area contributed by atoms with Gasteiger partial charge in [0.05, 0.1) is 18.6 Å². The molecule has 0 aliphatic heterocycles. The Balaban J connectivity index is 2.42. The van der Waals surface area contributed by atoms with Crippen LogP contribution in [0.2, 0.25) is 0 Å². The minimum atomic E-state index is -0.232. The first kappa shape index (κ1) is 11.7. The highest BCUT2D eigenvalue weighted by atomic mass is 16.5. The van der Waals surface area contributed by atoms with Crippen LogP contribution in [0.1, 0.15) is 19.5 Å². The van der Waals surface area contributed by atoms with Gasteiger partial charge in [0.25, 0.3) is 0 Å². The van der Waals surface area contributed by atoms with Crippen LogP contribution in [0.3, 0.4) is 0 Å². The standard InChI is InChI=1S/C10H17N3O2/c1-3-11-5-9-6-13(8-12-9)7-10(14)15-4-2/h6,8,11H,3-5,7H2,1-2H3. The summed E-state index contributed by atoms with van der Waals surface area (Å²) in [5.74, 6) is -0.232. The molecule has 1 rings (SSSR count). The lowest BCUT2D eigenvalue weighted by Crippen LogP contribution is -2.13. The fourth-order valence-electron chi connectivity index (χ4n) is 1.19. The molecule has 15 heavy (non-hydrogen) atoms. The van der Waals surface area contributed by atoms with Crippen LogP contribution in [0.5, 0.6) is 0 Å². The molecule has 0 radical (unpaired) electrons. The third-order valence-electron chi connectivity index (χ3n) is 1.86. The van der Waals surface area contributed by atoms with Gasteiger partial charge < -0.3 is 14.6 Å². The van der Waals surface area contributed by atoms with Gasteiger partial charge in [-0.25, -0.2) is 4.98 Å². The summed E-state index contributed by atoms with van der Waals surface area (Å²) in [7, 11) is 0. The van der Waals surface area contributed by atoms with Crippen LogP contribution < -0.4 is 5.32 Å². The van der Waals surface area contributed by atoms with Gasteiger partial charge in [-0.1, -0.05) is 6.92 Å². The molecule has 0 fully saturated rings. The number of carbonyl (C=O) groups is 1. The predicted molar refractivity (Wildman–Crippen MR) is 56.2 cm³/mol. The van der Waals surface area contributed by atoms with Gasteiger partial charge in [0.1, 0.15) is 6.54 Å². The summed E-state index contributed by atoms with van der Waals surface area (Å²) in [4.78, 5) is 15.3. The van der Waals surface area contributed by atoms with E-state index in [4.69, 9.17) is 4.74 Å². The number of nitrogens with one attached hydrogen (secondary N) is 1. The normalized spacial score (nSPS) is 10.3. The molecule has 5 heteroatoms. The fourth-order valence-corrected chi connectivity index (χ4v) is 1.19. The van der Waals surface area contributed by atoms with Crippen molar-refractivity contribution in [3.8, 4) is 0 Å². The van der Waals surface area contributed by atoms with Crippen LogP contribution in [0, 0.1) is 0 Å². The maximum atomic E-state index is 11.1. The van der Waals surface area contributed by atoms with Crippen molar-refractivity contribution in [1.82, 2.24) is 14.9 Å². The maximum Gasteiger partial charge on any atom is 0.325 e. The molecule has 0 saturated heterocycles. The monoisotopic (exact) mass is 211 g/mol. The van der Waals surface area contributed by atoms with Gasteiger partial charge >= 0.3 is 5.97 Å². The number of hydrogen-bond donors (Lipinski definition) is 1. The predicted octanol–water partition coefficient (Wildman–Crippen LogP) is 0.556. The Hall–Kier alpha value is -1.36. The number of aromatic nitrogens is 2. The van der Waals surface area contributed by atoms with E-state index in [1.807, 2.05) is 13.1 Å². The van der Waals surface area contributed by atoms with Crippen molar-refractivity contribution in [2.75, 3.05) is 13.2 Å². The molecule has 0 spiro atoms.